The Morgan fingerprint density at radius 3 is 2.64 bits per heavy atom. The molecular weight excluding hydrogens is 312 g/mol. The molecule has 0 N–H and O–H groups in total. The molecule has 1 rings (SSSR count). The Morgan fingerprint density at radius 2 is 2.21 bits per heavy atom. The van der Waals surface area contributed by atoms with Crippen molar-refractivity contribution in [3.8, 4) is 0 Å². The molecule has 0 aromatic carbocycles. The van der Waals surface area contributed by atoms with Gasteiger partial charge in [0.15, 0.2) is 0 Å². The van der Waals surface area contributed by atoms with E-state index in [4.69, 9.17) is 0 Å². The molecule has 0 saturated heterocycles. The van der Waals surface area contributed by atoms with Gasteiger partial charge in [-0.25, -0.2) is 0 Å². The predicted molar refractivity (Wildman–Crippen MR) is 61.5 cm³/mol. The third kappa shape index (κ3) is 3.61. The van der Waals surface area contributed by atoms with Gasteiger partial charge in [-0.1, -0.05) is 0 Å². The van der Waals surface area contributed by atoms with Gasteiger partial charge in [0.1, 0.15) is 0 Å². The summed E-state index contributed by atoms with van der Waals surface area (Å²) in [6.07, 6.45) is 7.27. The quantitative estimate of drug-likeness (QED) is 0.578. The maximum atomic E-state index is 10.6. The van der Waals surface area contributed by atoms with Gasteiger partial charge in [-0.15, -0.1) is 0 Å². The van der Waals surface area contributed by atoms with E-state index >= 15 is 0 Å². The van der Waals surface area contributed by atoms with Crippen LogP contribution >= 0.6 is 0 Å². The van der Waals surface area contributed by atoms with Crippen LogP contribution in [0.1, 0.15) is 19.8 Å². The van der Waals surface area contributed by atoms with Crippen LogP contribution in [-0.2, 0) is 10.3 Å². The minimum atomic E-state index is -2.04. The van der Waals surface area contributed by atoms with Crippen molar-refractivity contribution >= 4 is 37.5 Å². The van der Waals surface area contributed by atoms with E-state index in [9.17, 15) is 8.42 Å². The number of hydrogen-bond acceptors (Lipinski definition) is 2. The normalized spacial score (nSPS) is 17.9. The van der Waals surface area contributed by atoms with Crippen molar-refractivity contribution in [2.45, 2.75) is 24.2 Å². The molecule has 1 unspecified atom stereocenters. The van der Waals surface area contributed by atoms with Crippen LogP contribution in [0.4, 0.5) is 0 Å². The van der Waals surface area contributed by atoms with Gasteiger partial charge in [-0.3, -0.25) is 0 Å². The first-order chi connectivity index (χ1) is 6.63. The Bertz CT molecular complexity index is 382. The van der Waals surface area contributed by atoms with Crippen LogP contribution in [0.25, 0.3) is 0 Å². The molecule has 0 aromatic heterocycles. The predicted octanol–water partition coefficient (Wildman–Crippen LogP) is 1.27. The van der Waals surface area contributed by atoms with Gasteiger partial charge in [-0.05, 0) is 0 Å². The fraction of sp³-hybridized carbons (Fsp3) is 0.500. The van der Waals surface area contributed by atoms with Crippen LogP contribution in [0, 0.1) is 5.92 Å². The van der Waals surface area contributed by atoms with Gasteiger partial charge in [0, 0.05) is 0 Å². The second-order valence-corrected chi connectivity index (χ2v) is 5.55. The first-order valence-corrected chi connectivity index (χ1v) is 7.44. The second kappa shape index (κ2) is 5.75. The Kier molecular flexibility index (Phi) is 4.94. The van der Waals surface area contributed by atoms with Crippen LogP contribution in [0.2, 0.25) is 4.47 Å². The van der Waals surface area contributed by atoms with E-state index in [1.165, 1.54) is 10.0 Å². The number of rotatable bonds is 3. The molecule has 0 aliphatic heterocycles. The van der Waals surface area contributed by atoms with E-state index in [1.807, 2.05) is 34.4 Å². The van der Waals surface area contributed by atoms with E-state index in [0.29, 0.717) is 17.2 Å². The van der Waals surface area contributed by atoms with E-state index in [-0.39, 0.29) is 0 Å². The van der Waals surface area contributed by atoms with Gasteiger partial charge in [0.05, 0.1) is 0 Å². The van der Waals surface area contributed by atoms with Gasteiger partial charge < -0.3 is 0 Å². The zero-order valence-electron chi connectivity index (χ0n) is 8.10. The second-order valence-electron chi connectivity index (χ2n) is 3.51. The molecule has 0 fully saturated rings. The Balaban J connectivity index is 2.65. The zero-order valence-corrected chi connectivity index (χ0v) is 11.5. The first kappa shape index (κ1) is 12.0. The average molecular weight is 326 g/mol. The molecule has 0 spiro atoms. The summed E-state index contributed by atoms with van der Waals surface area (Å²) in [5.74, 6) is 0.694. The maximum absolute atomic E-state index is 10.6. The molecule has 0 amide bonds. The van der Waals surface area contributed by atoms with Crippen LogP contribution in [0.15, 0.2) is 23.8 Å². The molecule has 14 heavy (non-hydrogen) atoms. The van der Waals surface area contributed by atoms with Crippen LogP contribution < -0.4 is 0 Å². The van der Waals surface area contributed by atoms with Crippen molar-refractivity contribution in [2.24, 2.45) is 5.92 Å². The summed E-state index contributed by atoms with van der Waals surface area (Å²) in [7, 11) is -2.04. The van der Waals surface area contributed by atoms with E-state index in [2.05, 4.69) is 6.92 Å². The molecular formula is C10H14O2STe. The summed E-state index contributed by atoms with van der Waals surface area (Å²) >= 11 is 1.83. The summed E-state index contributed by atoms with van der Waals surface area (Å²) in [6, 6.07) is 0. The third-order valence-electron chi connectivity index (χ3n) is 2.16. The monoisotopic (exact) mass is 328 g/mol. The summed E-state index contributed by atoms with van der Waals surface area (Å²) < 4.78 is 22.5. The molecule has 1 aliphatic carbocycles. The van der Waals surface area contributed by atoms with Crippen LogP contribution in [0.5, 0.6) is 0 Å². The van der Waals surface area contributed by atoms with Gasteiger partial charge in [0.2, 0.25) is 0 Å². The van der Waals surface area contributed by atoms with Crippen molar-refractivity contribution in [3.05, 3.63) is 23.8 Å². The minimum absolute atomic E-state index is 0.487. The summed E-state index contributed by atoms with van der Waals surface area (Å²) in [5, 5.41) is 0. The van der Waals surface area contributed by atoms with Crippen molar-refractivity contribution in [3.63, 3.8) is 0 Å². The fourth-order valence-electron chi connectivity index (χ4n) is 1.31. The topological polar surface area (TPSA) is 34.1 Å². The first-order valence-electron chi connectivity index (χ1n) is 4.56. The Labute approximate surface area is 99.5 Å². The van der Waals surface area contributed by atoms with E-state index in [1.54, 1.807) is 6.08 Å². The van der Waals surface area contributed by atoms with Crippen molar-refractivity contribution in [1.82, 2.24) is 0 Å². The standard InChI is InChI=1S/C10H14O2STe/c1-8(7-14)6-9-2-4-10(5-3-9)13(11)12/h2-4,8,14H,5-7H2,1H3. The van der Waals surface area contributed by atoms with Gasteiger partial charge >= 0.3 is 99.8 Å². The number of hydrogen-bond donors (Lipinski definition) is 0. The van der Waals surface area contributed by atoms with Crippen LogP contribution in [0.3, 0.4) is 0 Å². The average Bonchev–Trinajstić information content (AvgIpc) is 2.18. The molecule has 2 nitrogen and oxygen atoms in total. The molecule has 1 atom stereocenters. The zero-order chi connectivity index (χ0) is 10.6. The molecule has 0 bridgehead atoms. The van der Waals surface area contributed by atoms with Crippen molar-refractivity contribution < 1.29 is 8.42 Å². The third-order valence-corrected chi connectivity index (χ3v) is 4.67. The molecule has 0 aromatic rings. The summed E-state index contributed by atoms with van der Waals surface area (Å²) in [4.78, 5) is 0.487. The Hall–Kier alpha value is -0.0404. The fourth-order valence-corrected chi connectivity index (χ4v) is 2.08. The Morgan fingerprint density at radius 1 is 1.50 bits per heavy atom. The van der Waals surface area contributed by atoms with E-state index < -0.39 is 10.3 Å². The van der Waals surface area contributed by atoms with Crippen LogP contribution in [-0.4, -0.2) is 35.6 Å². The van der Waals surface area contributed by atoms with Gasteiger partial charge in [0.25, 0.3) is 0 Å². The summed E-state index contributed by atoms with van der Waals surface area (Å²) in [5.41, 5.74) is 1.27. The SMILES string of the molecule is CC(C[TeH])CC1=CCC(=S(=O)=O)C=C1. The van der Waals surface area contributed by atoms with Crippen molar-refractivity contribution in [2.75, 3.05) is 0 Å². The molecule has 1 aliphatic rings. The molecule has 0 radical (unpaired) electrons. The molecule has 4 heteroatoms. The van der Waals surface area contributed by atoms with Crippen molar-refractivity contribution in [1.29, 1.82) is 0 Å². The van der Waals surface area contributed by atoms with E-state index in [0.717, 1.165) is 6.42 Å². The molecule has 0 heterocycles. The number of allylic oxidation sites excluding steroid dienone is 4. The van der Waals surface area contributed by atoms with Gasteiger partial charge in [-0.2, -0.15) is 0 Å². The summed E-state index contributed by atoms with van der Waals surface area (Å²) in [6.45, 7) is 2.22. The molecule has 78 valence electrons. The molecule has 0 saturated carbocycles.